The van der Waals surface area contributed by atoms with Crippen LogP contribution in [0.1, 0.15) is 185 Å². The zero-order valence-corrected chi connectivity index (χ0v) is 35.6. The molecule has 0 radical (unpaired) electrons. The Bertz CT molecular complexity index is 1420. The van der Waals surface area contributed by atoms with Crippen molar-refractivity contribution in [1.29, 1.82) is 0 Å². The van der Waals surface area contributed by atoms with E-state index >= 15 is 0 Å². The first-order valence-corrected chi connectivity index (χ1v) is 20.2. The lowest BCUT2D eigenvalue weighted by Gasteiger charge is -2.41. The third-order valence-electron chi connectivity index (χ3n) is 9.77. The summed E-state index contributed by atoms with van der Waals surface area (Å²) in [4.78, 5) is 0. The average Bonchev–Trinajstić information content (AvgIpc) is 2.84. The molecule has 3 rings (SSSR count). The van der Waals surface area contributed by atoms with Crippen molar-refractivity contribution in [2.75, 3.05) is 0 Å². The molecule has 0 spiro atoms. The Balaban J connectivity index is 2.45. The molecular weight excluding hydrogens is 590 g/mol. The topological polar surface area (TPSA) is 0 Å². The van der Waals surface area contributed by atoms with E-state index in [0.29, 0.717) is 5.66 Å². The molecule has 1 unspecified atom stereocenters. The number of benzene rings is 2. The van der Waals surface area contributed by atoms with Crippen LogP contribution >= 0.6 is 16.1 Å². The highest BCUT2D eigenvalue weighted by molar-refractivity contribution is 7.72. The van der Waals surface area contributed by atoms with Gasteiger partial charge in [0.15, 0.2) is 0 Å². The van der Waals surface area contributed by atoms with Gasteiger partial charge in [0.25, 0.3) is 0 Å². The van der Waals surface area contributed by atoms with Crippen molar-refractivity contribution in [3.8, 4) is 0 Å². The summed E-state index contributed by atoms with van der Waals surface area (Å²) in [5.41, 5.74) is 10.2. The molecule has 1 aliphatic heterocycles. The smallest absolute Gasteiger partial charge is 0.0124 e. The van der Waals surface area contributed by atoms with Gasteiger partial charge >= 0.3 is 0 Å². The fraction of sp³-hybridized carbons (Fsp3) is 0.659. The molecule has 256 valence electrons. The lowest BCUT2D eigenvalue weighted by Crippen LogP contribution is -2.36. The van der Waals surface area contributed by atoms with Crippen LogP contribution in [0.25, 0.3) is 0 Å². The summed E-state index contributed by atoms with van der Waals surface area (Å²) in [5, 5.41) is 6.50. The van der Waals surface area contributed by atoms with E-state index < -0.39 is 7.92 Å². The summed E-state index contributed by atoms with van der Waals surface area (Å²) in [6.07, 6.45) is 5.01. The zero-order valence-electron chi connectivity index (χ0n) is 33.8. The first kappa shape index (κ1) is 39.2. The van der Waals surface area contributed by atoms with Gasteiger partial charge in [0.1, 0.15) is 0 Å². The second-order valence-electron chi connectivity index (χ2n) is 20.4. The van der Waals surface area contributed by atoms with E-state index in [2.05, 4.69) is 169 Å². The van der Waals surface area contributed by atoms with Crippen LogP contribution in [0.15, 0.2) is 35.7 Å². The summed E-state index contributed by atoms with van der Waals surface area (Å²) in [6.45, 7) is 48.3. The minimum absolute atomic E-state index is 0.0639. The highest BCUT2D eigenvalue weighted by Gasteiger charge is 2.38. The van der Waals surface area contributed by atoms with Crippen molar-refractivity contribution < 1.29 is 0 Å². The molecule has 2 atom stereocenters. The summed E-state index contributed by atoms with van der Waals surface area (Å²) >= 11 is 0. The van der Waals surface area contributed by atoms with Crippen molar-refractivity contribution in [2.24, 2.45) is 0 Å². The van der Waals surface area contributed by atoms with Crippen molar-refractivity contribution in [1.82, 2.24) is 0 Å². The molecule has 2 heteroatoms. The highest BCUT2D eigenvalue weighted by Crippen LogP contribution is 2.57. The van der Waals surface area contributed by atoms with Gasteiger partial charge in [-0.2, -0.15) is 0 Å². The highest BCUT2D eigenvalue weighted by atomic mass is 31.1. The minimum atomic E-state index is -0.529. The zero-order chi connectivity index (χ0) is 35.6. The molecule has 0 nitrogen and oxygen atoms in total. The maximum absolute atomic E-state index is 2.60. The molecule has 0 aliphatic carbocycles. The monoisotopic (exact) mass is 660 g/mol. The Morgan fingerprint density at radius 3 is 1.24 bits per heavy atom. The molecule has 1 aliphatic rings. The molecule has 2 aromatic rings. The van der Waals surface area contributed by atoms with Crippen LogP contribution < -0.4 is 10.6 Å². The average molecular weight is 661 g/mol. The Morgan fingerprint density at radius 2 is 0.913 bits per heavy atom. The van der Waals surface area contributed by atoms with Crippen molar-refractivity contribution >= 4 is 32.0 Å². The Kier molecular flexibility index (Phi) is 11.0. The van der Waals surface area contributed by atoms with E-state index in [1.807, 2.05) is 0 Å². The fourth-order valence-electron chi connectivity index (χ4n) is 6.70. The minimum Gasteiger partial charge on any atom is -0.0807 e. The van der Waals surface area contributed by atoms with Crippen LogP contribution in [0, 0.1) is 0 Å². The van der Waals surface area contributed by atoms with E-state index in [0.717, 1.165) is 0 Å². The molecule has 1 heterocycles. The van der Waals surface area contributed by atoms with Crippen molar-refractivity contribution in [3.63, 3.8) is 0 Å². The molecule has 46 heavy (non-hydrogen) atoms. The van der Waals surface area contributed by atoms with Gasteiger partial charge in [0, 0.05) is 11.0 Å². The second kappa shape index (κ2) is 12.9. The van der Waals surface area contributed by atoms with Gasteiger partial charge in [-0.25, -0.2) is 0 Å². The van der Waals surface area contributed by atoms with Gasteiger partial charge in [-0.05, 0) is 116 Å². The van der Waals surface area contributed by atoms with Crippen LogP contribution in [0.5, 0.6) is 0 Å². The van der Waals surface area contributed by atoms with E-state index in [1.54, 1.807) is 32.3 Å². The maximum Gasteiger partial charge on any atom is 0.0124 e. The molecule has 0 aromatic heterocycles. The first-order valence-electron chi connectivity index (χ1n) is 17.9. The quantitative estimate of drug-likeness (QED) is 0.287. The Morgan fingerprint density at radius 1 is 0.565 bits per heavy atom. The first-order chi connectivity index (χ1) is 20.5. The molecule has 0 saturated heterocycles. The third kappa shape index (κ3) is 8.67. The van der Waals surface area contributed by atoms with Gasteiger partial charge < -0.3 is 0 Å². The number of hydrogen-bond acceptors (Lipinski definition) is 0. The van der Waals surface area contributed by atoms with Crippen LogP contribution in [0.2, 0.25) is 0 Å². The van der Waals surface area contributed by atoms with Crippen LogP contribution in [-0.4, -0.2) is 11.0 Å². The van der Waals surface area contributed by atoms with Crippen LogP contribution in [-0.2, 0) is 32.5 Å². The summed E-state index contributed by atoms with van der Waals surface area (Å²) in [7, 11) is 0.887. The van der Waals surface area contributed by atoms with E-state index in [-0.39, 0.29) is 32.5 Å². The van der Waals surface area contributed by atoms with Crippen molar-refractivity contribution in [3.05, 3.63) is 69.0 Å². The number of allylic oxidation sites excluding steroid dienone is 2. The van der Waals surface area contributed by atoms with Gasteiger partial charge in [-0.3, -0.25) is 0 Å². The standard InChI is InChI=1S/C44H70P2/c1-28-22-21-23-36(46(28)38-34(43(15,16)17)26-31(40(6,7)8)27-35(38)44(18,19)20)29(2)45-37-32(41(9,10)11)24-30(39(3,4)5)25-33(37)42(12,13)14/h22,24-27,36H,21,23H2,1-20H3/t36-,46?/m0/s1. The summed E-state index contributed by atoms with van der Waals surface area (Å²) in [5.74, 6) is 0. The number of rotatable bonds is 3. The normalized spacial score (nSPS) is 19.4. The lowest BCUT2D eigenvalue weighted by molar-refractivity contribution is 0.553. The van der Waals surface area contributed by atoms with Gasteiger partial charge in [-0.15, -0.1) is 0 Å². The molecular formula is C44H70P2. The Labute approximate surface area is 289 Å². The molecule has 0 amide bonds. The van der Waals surface area contributed by atoms with Crippen molar-refractivity contribution in [2.45, 2.75) is 189 Å². The lowest BCUT2D eigenvalue weighted by atomic mass is 9.75. The molecule has 0 fully saturated rings. The van der Waals surface area contributed by atoms with Crippen LogP contribution in [0.4, 0.5) is 0 Å². The van der Waals surface area contributed by atoms with Gasteiger partial charge in [0.2, 0.25) is 0 Å². The summed E-state index contributed by atoms with van der Waals surface area (Å²) in [6, 6.07) is 10.3. The molecule has 0 N–H and O–H groups in total. The number of hydrogen-bond donors (Lipinski definition) is 0. The summed E-state index contributed by atoms with van der Waals surface area (Å²) < 4.78 is 0. The second-order valence-corrected chi connectivity index (χ2v) is 24.3. The molecule has 0 saturated carbocycles. The third-order valence-corrected chi connectivity index (χ3v) is 14.5. The van der Waals surface area contributed by atoms with E-state index in [1.165, 1.54) is 43.3 Å². The predicted molar refractivity (Wildman–Crippen MR) is 216 cm³/mol. The maximum atomic E-state index is 2.60. The van der Waals surface area contributed by atoms with Gasteiger partial charge in [-0.1, -0.05) is 163 Å². The SMILES string of the molecule is CC1=CCC[C@@H](C(C)=Pc2c(C(C)(C)C)cc(C(C)(C)C)cc2C(C)(C)C)P1c1c(C(C)(C)C)cc(C(C)(C)C)cc1C(C)(C)C. The Hall–Kier alpha value is -1.22. The molecule has 2 aromatic carbocycles. The predicted octanol–water partition coefficient (Wildman–Crippen LogP) is 13.1. The van der Waals surface area contributed by atoms with E-state index in [9.17, 15) is 0 Å². The fourth-order valence-corrected chi connectivity index (χ4v) is 12.5. The van der Waals surface area contributed by atoms with Crippen LogP contribution in [0.3, 0.4) is 0 Å². The molecule has 0 bridgehead atoms. The van der Waals surface area contributed by atoms with Gasteiger partial charge in [0.05, 0.1) is 0 Å². The largest absolute Gasteiger partial charge is 0.0807 e. The van der Waals surface area contributed by atoms with E-state index in [4.69, 9.17) is 0 Å².